The average Bonchev–Trinajstić information content (AvgIpc) is 2.94. The van der Waals surface area contributed by atoms with Crippen LogP contribution in [-0.2, 0) is 14.8 Å². The van der Waals surface area contributed by atoms with Gasteiger partial charge in [-0.15, -0.1) is 10.2 Å². The number of nitrogens with one attached hydrogen (secondary N) is 1. The van der Waals surface area contributed by atoms with Crippen molar-refractivity contribution in [2.24, 2.45) is 23.2 Å². The molecule has 1 aromatic heterocycles. The number of nitrogens with zero attached hydrogens (tertiary/aromatic N) is 3. The van der Waals surface area contributed by atoms with Crippen LogP contribution in [-0.4, -0.2) is 41.9 Å². The van der Waals surface area contributed by atoms with E-state index in [0.717, 1.165) is 56.3 Å². The Labute approximate surface area is 170 Å². The quantitative estimate of drug-likeness (QED) is 0.749. The summed E-state index contributed by atoms with van der Waals surface area (Å²) >= 11 is 0.989. The second-order valence-electron chi connectivity index (χ2n) is 9.34. The first kappa shape index (κ1) is 18.9. The molecule has 4 bridgehead atoms. The molecule has 4 saturated carbocycles. The van der Waals surface area contributed by atoms with E-state index < -0.39 is 10.0 Å². The largest absolute Gasteiger partial charge is 0.300 e. The van der Waals surface area contributed by atoms with Gasteiger partial charge in [-0.05, 0) is 69.1 Å². The molecule has 7 nitrogen and oxygen atoms in total. The van der Waals surface area contributed by atoms with Crippen molar-refractivity contribution < 1.29 is 13.2 Å². The minimum absolute atomic E-state index is 0.00443. The van der Waals surface area contributed by atoms with Crippen LogP contribution in [0, 0.1) is 23.2 Å². The van der Waals surface area contributed by atoms with E-state index in [1.54, 1.807) is 0 Å². The number of hydrogen-bond acceptors (Lipinski definition) is 6. The number of sulfonamides is 1. The van der Waals surface area contributed by atoms with Crippen LogP contribution in [0.5, 0.6) is 0 Å². The lowest BCUT2D eigenvalue weighted by molar-refractivity contribution is -0.140. The molecule has 5 fully saturated rings. The third-order valence-corrected chi connectivity index (χ3v) is 10.4. The van der Waals surface area contributed by atoms with Crippen LogP contribution >= 0.6 is 11.3 Å². The zero-order valence-corrected chi connectivity index (χ0v) is 17.7. The summed E-state index contributed by atoms with van der Waals surface area (Å²) in [5, 5.41) is 11.2. The highest BCUT2D eigenvalue weighted by atomic mass is 32.2. The average molecular weight is 425 g/mol. The third kappa shape index (κ3) is 3.29. The fourth-order valence-electron chi connectivity index (χ4n) is 6.38. The highest BCUT2D eigenvalue weighted by Gasteiger charge is 2.54. The first-order valence-electron chi connectivity index (χ1n) is 10.6. The summed E-state index contributed by atoms with van der Waals surface area (Å²) in [7, 11) is -3.62. The number of aromatic nitrogens is 2. The van der Waals surface area contributed by atoms with Crippen molar-refractivity contribution in [2.75, 3.05) is 18.4 Å². The Bertz CT molecular complexity index is 823. The first-order valence-corrected chi connectivity index (χ1v) is 12.9. The van der Waals surface area contributed by atoms with Crippen molar-refractivity contribution in [3.8, 4) is 0 Å². The normalized spacial score (nSPS) is 35.6. The zero-order chi connectivity index (χ0) is 19.4. The molecule has 0 unspecified atom stereocenters. The van der Waals surface area contributed by atoms with Gasteiger partial charge in [-0.1, -0.05) is 24.2 Å². The summed E-state index contributed by atoms with van der Waals surface area (Å²) in [6.07, 6.45) is 10.7. The Morgan fingerprint density at radius 2 is 1.54 bits per heavy atom. The van der Waals surface area contributed by atoms with E-state index >= 15 is 0 Å². The Morgan fingerprint density at radius 1 is 0.964 bits per heavy atom. The van der Waals surface area contributed by atoms with Gasteiger partial charge in [0.25, 0.3) is 10.0 Å². The number of hydrogen-bond donors (Lipinski definition) is 1. The Hall–Kier alpha value is -1.06. The molecule has 6 rings (SSSR count). The molecule has 1 amide bonds. The lowest BCUT2D eigenvalue weighted by Crippen LogP contribution is -2.51. The summed E-state index contributed by atoms with van der Waals surface area (Å²) in [6.45, 7) is 1.08. The fraction of sp³-hybridized carbons (Fsp3) is 0.842. The maximum absolute atomic E-state index is 13.1. The maximum atomic E-state index is 13.1. The highest BCUT2D eigenvalue weighted by molar-refractivity contribution is 7.91. The molecule has 9 heteroatoms. The van der Waals surface area contributed by atoms with Crippen LogP contribution in [0.4, 0.5) is 5.13 Å². The van der Waals surface area contributed by atoms with Gasteiger partial charge in [0, 0.05) is 13.1 Å². The highest BCUT2D eigenvalue weighted by Crippen LogP contribution is 2.60. The summed E-state index contributed by atoms with van der Waals surface area (Å²) in [4.78, 5) is 13.1. The van der Waals surface area contributed by atoms with Crippen molar-refractivity contribution in [3.05, 3.63) is 0 Å². The number of carbonyl (C=O) groups is 1. The molecular formula is C19H28N4O3S2. The van der Waals surface area contributed by atoms with Gasteiger partial charge in [0.15, 0.2) is 0 Å². The molecule has 1 aliphatic heterocycles. The van der Waals surface area contributed by atoms with Crippen molar-refractivity contribution in [3.63, 3.8) is 0 Å². The number of rotatable bonds is 4. The van der Waals surface area contributed by atoms with Gasteiger partial charge in [0.05, 0.1) is 5.41 Å². The van der Waals surface area contributed by atoms with E-state index in [1.165, 1.54) is 23.6 Å². The van der Waals surface area contributed by atoms with E-state index in [2.05, 4.69) is 15.5 Å². The smallest absolute Gasteiger partial charge is 0.272 e. The van der Waals surface area contributed by atoms with Crippen molar-refractivity contribution in [1.29, 1.82) is 0 Å². The second-order valence-corrected chi connectivity index (χ2v) is 12.4. The van der Waals surface area contributed by atoms with Gasteiger partial charge >= 0.3 is 0 Å². The molecular weight excluding hydrogens is 396 g/mol. The van der Waals surface area contributed by atoms with Gasteiger partial charge in [-0.25, -0.2) is 8.42 Å². The monoisotopic (exact) mass is 424 g/mol. The summed E-state index contributed by atoms with van der Waals surface area (Å²) in [5.74, 6) is 2.09. The molecule has 1 saturated heterocycles. The molecule has 28 heavy (non-hydrogen) atoms. The van der Waals surface area contributed by atoms with E-state index in [-0.39, 0.29) is 15.7 Å². The summed E-state index contributed by atoms with van der Waals surface area (Å²) in [5.41, 5.74) is -0.274. The minimum Gasteiger partial charge on any atom is -0.300 e. The zero-order valence-electron chi connectivity index (χ0n) is 16.1. The molecule has 5 aliphatic rings. The van der Waals surface area contributed by atoms with Crippen LogP contribution in [0.25, 0.3) is 0 Å². The van der Waals surface area contributed by atoms with E-state index in [4.69, 9.17) is 0 Å². The molecule has 2 heterocycles. The van der Waals surface area contributed by atoms with Gasteiger partial charge in [0.2, 0.25) is 15.4 Å². The number of carbonyl (C=O) groups excluding carboxylic acids is 1. The van der Waals surface area contributed by atoms with Crippen LogP contribution in [0.3, 0.4) is 0 Å². The van der Waals surface area contributed by atoms with Crippen molar-refractivity contribution in [1.82, 2.24) is 14.5 Å². The predicted octanol–water partition coefficient (Wildman–Crippen LogP) is 3.26. The minimum atomic E-state index is -3.62. The first-order chi connectivity index (χ1) is 13.4. The van der Waals surface area contributed by atoms with E-state index in [9.17, 15) is 13.2 Å². The third-order valence-electron chi connectivity index (χ3n) is 7.27. The Morgan fingerprint density at radius 3 is 2.11 bits per heavy atom. The van der Waals surface area contributed by atoms with Crippen molar-refractivity contribution in [2.45, 2.75) is 68.5 Å². The van der Waals surface area contributed by atoms with Crippen LogP contribution in [0.1, 0.15) is 64.2 Å². The van der Waals surface area contributed by atoms with Crippen LogP contribution in [0.15, 0.2) is 4.34 Å². The SMILES string of the molecule is O=C(Nc1nnc(S(=O)(=O)N2CCCCCC2)s1)C12CC3CC(CC(C3)C1)C2. The number of amides is 1. The Balaban J connectivity index is 1.31. The molecule has 0 atom stereocenters. The summed E-state index contributed by atoms with van der Waals surface area (Å²) in [6, 6.07) is 0. The second kappa shape index (κ2) is 7.02. The predicted molar refractivity (Wildman–Crippen MR) is 106 cm³/mol. The standard InChI is InChI=1S/C19H28N4O3S2/c24-16(19-10-13-7-14(11-19)9-15(8-13)12-19)20-17-21-22-18(27-17)28(25,26)23-5-3-1-2-4-6-23/h13-15H,1-12H2,(H,20,21,24). The molecule has 0 radical (unpaired) electrons. The number of anilines is 1. The van der Waals surface area contributed by atoms with Gasteiger partial charge in [-0.2, -0.15) is 4.31 Å². The Kier molecular flexibility index (Phi) is 4.75. The van der Waals surface area contributed by atoms with Gasteiger partial charge in [0.1, 0.15) is 0 Å². The lowest BCUT2D eigenvalue weighted by Gasteiger charge is -2.55. The molecule has 0 aromatic carbocycles. The van der Waals surface area contributed by atoms with Gasteiger partial charge < -0.3 is 5.32 Å². The molecule has 1 aromatic rings. The van der Waals surface area contributed by atoms with E-state index in [1.807, 2.05) is 0 Å². The van der Waals surface area contributed by atoms with Crippen LogP contribution in [0.2, 0.25) is 0 Å². The topological polar surface area (TPSA) is 92.3 Å². The molecule has 0 spiro atoms. The van der Waals surface area contributed by atoms with Crippen LogP contribution < -0.4 is 5.32 Å². The van der Waals surface area contributed by atoms with E-state index in [0.29, 0.717) is 36.0 Å². The molecule has 1 N–H and O–H groups in total. The van der Waals surface area contributed by atoms with Gasteiger partial charge in [-0.3, -0.25) is 4.79 Å². The maximum Gasteiger partial charge on any atom is 0.272 e. The fourth-order valence-corrected chi connectivity index (χ4v) is 8.93. The molecule has 4 aliphatic carbocycles. The van der Waals surface area contributed by atoms with Crippen molar-refractivity contribution >= 4 is 32.4 Å². The molecule has 154 valence electrons. The summed E-state index contributed by atoms with van der Waals surface area (Å²) < 4.78 is 27.3. The lowest BCUT2D eigenvalue weighted by atomic mass is 9.49.